The van der Waals surface area contributed by atoms with Crippen LogP contribution in [0.4, 0.5) is 5.69 Å². The van der Waals surface area contributed by atoms with Gasteiger partial charge < -0.3 is 10.6 Å². The van der Waals surface area contributed by atoms with Gasteiger partial charge in [0.05, 0.1) is 28.0 Å². The van der Waals surface area contributed by atoms with E-state index in [-0.39, 0.29) is 17.1 Å². The van der Waals surface area contributed by atoms with Gasteiger partial charge in [-0.1, -0.05) is 11.6 Å². The van der Waals surface area contributed by atoms with Crippen LogP contribution in [0.3, 0.4) is 0 Å². The predicted octanol–water partition coefficient (Wildman–Crippen LogP) is 4.79. The van der Waals surface area contributed by atoms with Gasteiger partial charge in [-0.25, -0.2) is 9.67 Å². The standard InChI is InChI=1S/C24H21BrClN7O2/c1-12-9-13-11-28-31-20(13)18(23(35)30-24(6-7-24)14-4-5-14)19(12)29-22(34)16-10-17(25)32-33(16)21-15(26)3-2-8-27-21/h2-3,8-11,14H,4-7H2,1H3,(H,28,31)(H,29,34)(H,30,35). The largest absolute Gasteiger partial charge is 0.346 e. The zero-order valence-corrected chi connectivity index (χ0v) is 21.1. The van der Waals surface area contributed by atoms with Crippen LogP contribution < -0.4 is 10.6 Å². The van der Waals surface area contributed by atoms with Gasteiger partial charge in [-0.3, -0.25) is 14.7 Å². The molecule has 2 saturated carbocycles. The van der Waals surface area contributed by atoms with Gasteiger partial charge >= 0.3 is 0 Å². The number of H-pyrrole nitrogens is 1. The summed E-state index contributed by atoms with van der Waals surface area (Å²) in [6, 6.07) is 6.85. The molecule has 3 aromatic heterocycles. The molecule has 0 saturated heterocycles. The van der Waals surface area contributed by atoms with Crippen LogP contribution in [0.25, 0.3) is 16.7 Å². The molecular formula is C24H21BrClN7O2. The monoisotopic (exact) mass is 553 g/mol. The Morgan fingerprint density at radius 3 is 2.77 bits per heavy atom. The van der Waals surface area contributed by atoms with Crippen LogP contribution in [0.1, 0.15) is 52.1 Å². The van der Waals surface area contributed by atoms with Crippen LogP contribution in [-0.4, -0.2) is 42.3 Å². The van der Waals surface area contributed by atoms with E-state index in [1.165, 1.54) is 4.68 Å². The molecule has 1 aromatic carbocycles. The van der Waals surface area contributed by atoms with Gasteiger partial charge in [0.1, 0.15) is 10.3 Å². The number of carbonyl (C=O) groups excluding carboxylic acids is 2. The molecule has 3 N–H and O–H groups in total. The Hall–Kier alpha value is -3.24. The summed E-state index contributed by atoms with van der Waals surface area (Å²) in [6.45, 7) is 1.86. The molecule has 2 aliphatic carbocycles. The van der Waals surface area contributed by atoms with Crippen molar-refractivity contribution in [3.05, 3.63) is 63.1 Å². The Labute approximate surface area is 213 Å². The van der Waals surface area contributed by atoms with Crippen LogP contribution in [-0.2, 0) is 0 Å². The second-order valence-electron chi connectivity index (χ2n) is 9.19. The number of benzene rings is 1. The average molecular weight is 555 g/mol. The number of nitrogens with one attached hydrogen (secondary N) is 3. The van der Waals surface area contributed by atoms with Gasteiger partial charge in [-0.15, -0.1) is 0 Å². The maximum atomic E-state index is 13.6. The van der Waals surface area contributed by atoms with Crippen LogP contribution >= 0.6 is 27.5 Å². The summed E-state index contributed by atoms with van der Waals surface area (Å²) in [6.07, 6.45) is 7.51. The molecule has 9 nitrogen and oxygen atoms in total. The number of rotatable bonds is 6. The van der Waals surface area contributed by atoms with E-state index in [9.17, 15) is 9.59 Å². The van der Waals surface area contributed by atoms with E-state index in [2.05, 4.69) is 46.8 Å². The lowest BCUT2D eigenvalue weighted by molar-refractivity contribution is 0.0928. The predicted molar refractivity (Wildman–Crippen MR) is 135 cm³/mol. The molecule has 2 aliphatic rings. The second kappa shape index (κ2) is 8.17. The minimum atomic E-state index is -0.454. The Kier molecular flexibility index (Phi) is 5.19. The van der Waals surface area contributed by atoms with Crippen molar-refractivity contribution in [2.24, 2.45) is 5.92 Å². The van der Waals surface area contributed by atoms with Crippen molar-refractivity contribution >= 4 is 55.9 Å². The lowest BCUT2D eigenvalue weighted by atomic mass is 10.0. The summed E-state index contributed by atoms with van der Waals surface area (Å²) in [5.74, 6) is 0.194. The van der Waals surface area contributed by atoms with E-state index in [1.807, 2.05) is 13.0 Å². The second-order valence-corrected chi connectivity index (χ2v) is 10.4. The third kappa shape index (κ3) is 3.90. The number of nitrogens with zero attached hydrogens (tertiary/aromatic N) is 4. The molecule has 0 unspecified atom stereocenters. The van der Waals surface area contributed by atoms with Crippen LogP contribution in [0.2, 0.25) is 5.02 Å². The van der Waals surface area contributed by atoms with Gasteiger partial charge in [-0.05, 0) is 78.2 Å². The Morgan fingerprint density at radius 2 is 2.06 bits per heavy atom. The molecule has 178 valence electrons. The van der Waals surface area contributed by atoms with Crippen LogP contribution in [0.15, 0.2) is 41.3 Å². The molecular weight excluding hydrogens is 534 g/mol. The maximum Gasteiger partial charge on any atom is 0.274 e. The molecule has 0 bridgehead atoms. The summed E-state index contributed by atoms with van der Waals surface area (Å²) in [5.41, 5.74) is 2.22. The van der Waals surface area contributed by atoms with E-state index < -0.39 is 5.91 Å². The lowest BCUT2D eigenvalue weighted by Crippen LogP contribution is -2.39. The number of aromatic amines is 1. The minimum Gasteiger partial charge on any atom is -0.346 e. The van der Waals surface area contributed by atoms with E-state index in [1.54, 1.807) is 30.6 Å². The SMILES string of the molecule is Cc1cc2cn[nH]c2c(C(=O)NC2(C3CC3)CC2)c1NC(=O)c1cc(Br)nn1-c1ncccc1Cl. The number of hydrogen-bond donors (Lipinski definition) is 3. The number of aromatic nitrogens is 5. The van der Waals surface area contributed by atoms with Crippen molar-refractivity contribution in [1.82, 2.24) is 30.3 Å². The Balaban J connectivity index is 1.40. The van der Waals surface area contributed by atoms with Crippen LogP contribution in [0, 0.1) is 12.8 Å². The number of hydrogen-bond acceptors (Lipinski definition) is 5. The maximum absolute atomic E-state index is 13.6. The summed E-state index contributed by atoms with van der Waals surface area (Å²) in [7, 11) is 0. The number of fused-ring (bicyclic) bond motifs is 1. The molecule has 2 fully saturated rings. The third-order valence-corrected chi connectivity index (χ3v) is 7.44. The Bertz CT molecular complexity index is 1500. The molecule has 11 heteroatoms. The van der Waals surface area contributed by atoms with E-state index in [4.69, 9.17) is 11.6 Å². The van der Waals surface area contributed by atoms with Crippen molar-refractivity contribution in [3.63, 3.8) is 0 Å². The fraction of sp³-hybridized carbons (Fsp3) is 0.292. The average Bonchev–Trinajstić information content (AvgIpc) is 3.73. The minimum absolute atomic E-state index is 0.117. The van der Waals surface area contributed by atoms with Gasteiger partial charge in [0.2, 0.25) is 0 Å². The summed E-state index contributed by atoms with van der Waals surface area (Å²) in [5, 5.41) is 18.8. The fourth-order valence-corrected chi connectivity index (χ4v) is 5.28. The quantitative estimate of drug-likeness (QED) is 0.317. The fourth-order valence-electron chi connectivity index (χ4n) is 4.70. The number of carbonyl (C=O) groups is 2. The topological polar surface area (TPSA) is 118 Å². The number of aryl methyl sites for hydroxylation is 1. The number of anilines is 1. The first kappa shape index (κ1) is 22.2. The molecule has 0 atom stereocenters. The van der Waals surface area contributed by atoms with Gasteiger partial charge in [-0.2, -0.15) is 10.2 Å². The highest BCUT2D eigenvalue weighted by Gasteiger charge is 2.55. The zero-order valence-electron chi connectivity index (χ0n) is 18.7. The van der Waals surface area contributed by atoms with Crippen molar-refractivity contribution in [1.29, 1.82) is 0 Å². The highest BCUT2D eigenvalue weighted by molar-refractivity contribution is 9.10. The van der Waals surface area contributed by atoms with Gasteiger partial charge in [0.15, 0.2) is 5.82 Å². The molecule has 35 heavy (non-hydrogen) atoms. The highest BCUT2D eigenvalue weighted by Crippen LogP contribution is 2.54. The molecule has 2 amide bonds. The molecule has 6 rings (SSSR count). The van der Waals surface area contributed by atoms with Crippen molar-refractivity contribution < 1.29 is 9.59 Å². The Morgan fingerprint density at radius 1 is 1.26 bits per heavy atom. The molecule has 0 spiro atoms. The third-order valence-electron chi connectivity index (χ3n) is 6.76. The van der Waals surface area contributed by atoms with Crippen LogP contribution in [0.5, 0.6) is 0 Å². The molecule has 3 heterocycles. The van der Waals surface area contributed by atoms with Crippen molar-refractivity contribution in [2.75, 3.05) is 5.32 Å². The van der Waals surface area contributed by atoms with E-state index in [0.29, 0.717) is 38.1 Å². The van der Waals surface area contributed by atoms with E-state index in [0.717, 1.165) is 36.6 Å². The number of halogens is 2. The zero-order chi connectivity index (χ0) is 24.3. The first-order valence-corrected chi connectivity index (χ1v) is 12.5. The first-order chi connectivity index (χ1) is 16.9. The van der Waals surface area contributed by atoms with E-state index >= 15 is 0 Å². The molecule has 0 aliphatic heterocycles. The lowest BCUT2D eigenvalue weighted by Gasteiger charge is -2.20. The smallest absolute Gasteiger partial charge is 0.274 e. The molecule has 4 aromatic rings. The van der Waals surface area contributed by atoms with Gasteiger partial charge in [0, 0.05) is 23.2 Å². The normalized spacial score (nSPS) is 16.3. The van der Waals surface area contributed by atoms with Gasteiger partial charge in [0.25, 0.3) is 11.8 Å². The number of pyridine rings is 1. The summed E-state index contributed by atoms with van der Waals surface area (Å²) < 4.78 is 1.82. The summed E-state index contributed by atoms with van der Waals surface area (Å²) >= 11 is 9.65. The first-order valence-electron chi connectivity index (χ1n) is 11.3. The molecule has 0 radical (unpaired) electrons. The highest BCUT2D eigenvalue weighted by atomic mass is 79.9. The van der Waals surface area contributed by atoms with Crippen molar-refractivity contribution in [3.8, 4) is 5.82 Å². The number of amides is 2. The summed E-state index contributed by atoms with van der Waals surface area (Å²) in [4.78, 5) is 31.4. The van der Waals surface area contributed by atoms with Crippen molar-refractivity contribution in [2.45, 2.75) is 38.1 Å².